The zero-order valence-electron chi connectivity index (χ0n) is 2.75. The second-order valence-electron chi connectivity index (χ2n) is 0.250. The van der Waals surface area contributed by atoms with Gasteiger partial charge in [0.15, 0.2) is 0 Å². The zero-order valence-corrected chi connectivity index (χ0v) is 7.23. The molecule has 3 nitrogen and oxygen atoms in total. The molecule has 0 heterocycles. The van der Waals surface area contributed by atoms with Crippen LogP contribution in [-0.2, 0) is 21.1 Å². The molecule has 5 heteroatoms. The Balaban J connectivity index is -0.0000000450. The molecule has 0 saturated carbocycles. The molecule has 0 atom stereocenters. The third-order valence-electron chi connectivity index (χ3n) is 0. The Morgan fingerprint density at radius 2 is 1.33 bits per heavy atom. The summed E-state index contributed by atoms with van der Waals surface area (Å²) in [4.78, 5) is 8.33. The summed E-state index contributed by atoms with van der Waals surface area (Å²) in [5, 5.41) is 16.7. The number of hydrogen-bond acceptors (Lipinski definition) is 3. The predicted molar refractivity (Wildman–Crippen MR) is 11.1 cm³/mol. The molecule has 0 saturated heterocycles. The van der Waals surface area contributed by atoms with Crippen molar-refractivity contribution < 1.29 is 36.1 Å². The van der Waals surface area contributed by atoms with Gasteiger partial charge < -0.3 is 15.0 Å². The average molecular weight is 295 g/mol. The molecule has 0 aromatic carbocycles. The van der Waals surface area contributed by atoms with Gasteiger partial charge in [0.1, 0.15) is 0 Å². The van der Waals surface area contributed by atoms with Gasteiger partial charge in [-0.05, 0) is 6.16 Å². The van der Waals surface area contributed by atoms with E-state index in [2.05, 4.69) is 0 Å². The van der Waals surface area contributed by atoms with Crippen LogP contribution < -0.4 is 10.2 Å². The topological polar surface area (TPSA) is 63.2 Å². The second kappa shape index (κ2) is 9.52. The van der Waals surface area contributed by atoms with Crippen molar-refractivity contribution in [3.05, 3.63) is 0 Å². The van der Waals surface area contributed by atoms with Gasteiger partial charge in [0, 0.05) is 21.1 Å². The minimum Gasteiger partial charge on any atom is -0.652 e. The maximum absolute atomic E-state index is 8.33. The van der Waals surface area contributed by atoms with Crippen LogP contribution in [0.2, 0.25) is 0 Å². The van der Waals surface area contributed by atoms with E-state index in [0.717, 1.165) is 0 Å². The molecule has 0 spiro atoms. The Morgan fingerprint density at radius 3 is 1.33 bits per heavy atom. The Hall–Kier alpha value is 1.22. The maximum Gasteiger partial charge on any atom is 2.00 e. The number of hydrogen-bond donors (Lipinski definition) is 0. The molecule has 0 fully saturated rings. The van der Waals surface area contributed by atoms with Crippen molar-refractivity contribution in [3.8, 4) is 0 Å². The molecule has 0 N–H and O–H groups in total. The molecule has 0 bridgehead atoms. The minimum atomic E-state index is -2.33. The minimum absolute atomic E-state index is 0. The van der Waals surface area contributed by atoms with E-state index in [1.54, 1.807) is 0 Å². The zero-order chi connectivity index (χ0) is 3.58. The van der Waals surface area contributed by atoms with Crippen molar-refractivity contribution >= 4 is 43.9 Å². The van der Waals surface area contributed by atoms with Gasteiger partial charge in [-0.15, -0.1) is 0 Å². The van der Waals surface area contributed by atoms with Gasteiger partial charge >= 0.3 is 37.7 Å². The fourth-order valence-electron chi connectivity index (χ4n) is 0. The standard InChI is InChI=1S/CH2O3.Ca.Pt/c2-1(3)4;;/h(H2,2,3,4);;/q;+2;/p-2. The van der Waals surface area contributed by atoms with Crippen LogP contribution in [0.25, 0.3) is 0 Å². The summed E-state index contributed by atoms with van der Waals surface area (Å²) >= 11 is 0. The Kier molecular flexibility index (Phi) is 24.9. The van der Waals surface area contributed by atoms with Gasteiger partial charge in [0.2, 0.25) is 0 Å². The first kappa shape index (κ1) is 15.7. The van der Waals surface area contributed by atoms with Crippen LogP contribution in [0.5, 0.6) is 0 Å². The monoisotopic (exact) mass is 295 g/mol. The molecule has 34 valence electrons. The van der Waals surface area contributed by atoms with E-state index in [1.165, 1.54) is 0 Å². The first-order chi connectivity index (χ1) is 1.73. The largest absolute Gasteiger partial charge is 2.00 e. The van der Waals surface area contributed by atoms with Gasteiger partial charge in [-0.25, -0.2) is 0 Å². The van der Waals surface area contributed by atoms with Crippen LogP contribution in [0, 0.1) is 0 Å². The molecule has 6 heavy (non-hydrogen) atoms. The van der Waals surface area contributed by atoms with Gasteiger partial charge in [-0.2, -0.15) is 0 Å². The quantitative estimate of drug-likeness (QED) is 0.453. The van der Waals surface area contributed by atoms with Crippen LogP contribution in [0.15, 0.2) is 0 Å². The molecular formula is CCaO3Pt. The molecule has 0 aromatic rings. The third kappa shape index (κ3) is 62.6. The molecule has 0 rings (SSSR count). The van der Waals surface area contributed by atoms with Gasteiger partial charge in [-0.3, -0.25) is 0 Å². The van der Waals surface area contributed by atoms with Crippen molar-refractivity contribution in [3.63, 3.8) is 0 Å². The van der Waals surface area contributed by atoms with Crippen LogP contribution in [0.3, 0.4) is 0 Å². The Labute approximate surface area is 79.0 Å². The van der Waals surface area contributed by atoms with Gasteiger partial charge in [-0.1, -0.05) is 0 Å². The van der Waals surface area contributed by atoms with Crippen molar-refractivity contribution in [2.75, 3.05) is 0 Å². The number of carbonyl (C=O) groups is 1. The fraction of sp³-hybridized carbons (Fsp3) is 0. The predicted octanol–water partition coefficient (Wildman–Crippen LogP) is -2.83. The number of carboxylic acid groups (broad SMARTS) is 2. The maximum atomic E-state index is 8.33. The van der Waals surface area contributed by atoms with Crippen molar-refractivity contribution in [1.29, 1.82) is 0 Å². The summed E-state index contributed by atoms with van der Waals surface area (Å²) in [6.07, 6.45) is -2.33. The summed E-state index contributed by atoms with van der Waals surface area (Å²) in [6, 6.07) is 0. The average Bonchev–Trinajstić information content (AvgIpc) is 0.811. The van der Waals surface area contributed by atoms with Gasteiger partial charge in [0.25, 0.3) is 0 Å². The van der Waals surface area contributed by atoms with Crippen molar-refractivity contribution in [2.24, 2.45) is 0 Å². The second-order valence-corrected chi connectivity index (χ2v) is 0.250. The molecule has 0 aliphatic carbocycles. The normalized spacial score (nSPS) is 4.00. The molecule has 0 unspecified atom stereocenters. The van der Waals surface area contributed by atoms with Gasteiger partial charge in [0.05, 0.1) is 0 Å². The summed E-state index contributed by atoms with van der Waals surface area (Å²) in [7, 11) is 0. The van der Waals surface area contributed by atoms with E-state index < -0.39 is 6.16 Å². The Bertz CT molecular complexity index is 33.8. The first-order valence-electron chi connectivity index (χ1n) is 0.612. The van der Waals surface area contributed by atoms with Crippen LogP contribution >= 0.6 is 0 Å². The van der Waals surface area contributed by atoms with E-state index in [9.17, 15) is 0 Å². The molecule has 0 aliphatic heterocycles. The summed E-state index contributed by atoms with van der Waals surface area (Å²) in [5.74, 6) is 0. The van der Waals surface area contributed by atoms with Crippen molar-refractivity contribution in [2.45, 2.75) is 0 Å². The number of rotatable bonds is 0. The van der Waals surface area contributed by atoms with E-state index in [4.69, 9.17) is 15.0 Å². The molecule has 0 aromatic heterocycles. The summed E-state index contributed by atoms with van der Waals surface area (Å²) < 4.78 is 0. The fourth-order valence-corrected chi connectivity index (χ4v) is 0. The summed E-state index contributed by atoms with van der Waals surface area (Å²) in [6.45, 7) is 0. The summed E-state index contributed by atoms with van der Waals surface area (Å²) in [5.41, 5.74) is 0. The van der Waals surface area contributed by atoms with Crippen LogP contribution in [-0.4, -0.2) is 43.9 Å². The van der Waals surface area contributed by atoms with Crippen molar-refractivity contribution in [1.82, 2.24) is 0 Å². The van der Waals surface area contributed by atoms with E-state index in [0.29, 0.717) is 0 Å². The molecule has 0 amide bonds. The SMILES string of the molecule is O=C([O-])[O-].[Ca+2].[Pt]. The van der Waals surface area contributed by atoms with E-state index in [-0.39, 0.29) is 58.8 Å². The Morgan fingerprint density at radius 1 is 1.33 bits per heavy atom. The first-order valence-corrected chi connectivity index (χ1v) is 0.612. The smallest absolute Gasteiger partial charge is 0.652 e. The molecular weight excluding hydrogens is 295 g/mol. The molecule has 0 aliphatic rings. The van der Waals surface area contributed by atoms with E-state index in [1.807, 2.05) is 0 Å². The van der Waals surface area contributed by atoms with Crippen LogP contribution in [0.1, 0.15) is 0 Å². The number of carbonyl (C=O) groups excluding carboxylic acids is 1. The van der Waals surface area contributed by atoms with Crippen LogP contribution in [0.4, 0.5) is 4.79 Å². The molecule has 0 radical (unpaired) electrons. The van der Waals surface area contributed by atoms with E-state index >= 15 is 0 Å². The third-order valence-corrected chi connectivity index (χ3v) is 0.